The molecule has 0 aromatic heterocycles. The van der Waals surface area contributed by atoms with Crippen LogP contribution in [0.25, 0.3) is 0 Å². The number of benzene rings is 1. The molecule has 1 fully saturated rings. The fourth-order valence-corrected chi connectivity index (χ4v) is 2.62. The van der Waals surface area contributed by atoms with Crippen molar-refractivity contribution in [1.29, 1.82) is 0 Å². The van der Waals surface area contributed by atoms with Crippen molar-refractivity contribution in [1.82, 2.24) is 0 Å². The molecule has 1 nitrogen and oxygen atoms in total. The molecular formula is C13H17BrFN. The number of para-hydroxylation sites is 1. The lowest BCUT2D eigenvalue weighted by Crippen LogP contribution is -2.38. The average Bonchev–Trinajstić information content (AvgIpc) is 2.13. The highest BCUT2D eigenvalue weighted by Gasteiger charge is 2.31. The monoisotopic (exact) mass is 285 g/mol. The van der Waals surface area contributed by atoms with Gasteiger partial charge in [0.25, 0.3) is 0 Å². The molecule has 1 aliphatic carbocycles. The second-order valence-electron chi connectivity index (χ2n) is 4.91. The first-order chi connectivity index (χ1) is 7.58. The summed E-state index contributed by atoms with van der Waals surface area (Å²) in [5.74, 6) is 1.35. The molecular weight excluding hydrogens is 269 g/mol. The first-order valence-corrected chi connectivity index (χ1v) is 6.57. The van der Waals surface area contributed by atoms with Crippen LogP contribution < -0.4 is 5.32 Å². The number of rotatable bonds is 3. The first-order valence-electron chi connectivity index (χ1n) is 5.78. The van der Waals surface area contributed by atoms with E-state index in [-0.39, 0.29) is 5.82 Å². The Bertz CT molecular complexity index is 352. The lowest BCUT2D eigenvalue weighted by molar-refractivity contribution is 0.211. The molecule has 3 heteroatoms. The maximum absolute atomic E-state index is 13.5. The van der Waals surface area contributed by atoms with Crippen LogP contribution in [0.2, 0.25) is 0 Å². The molecule has 0 bridgehead atoms. The second kappa shape index (κ2) is 4.74. The highest BCUT2D eigenvalue weighted by atomic mass is 79.9. The molecule has 1 aromatic rings. The summed E-state index contributed by atoms with van der Waals surface area (Å²) in [7, 11) is 0. The molecule has 0 amide bonds. The second-order valence-corrected chi connectivity index (χ2v) is 5.77. The summed E-state index contributed by atoms with van der Waals surface area (Å²) in [5.41, 5.74) is 0.606. The first kappa shape index (κ1) is 11.9. The minimum atomic E-state index is -0.178. The molecule has 0 spiro atoms. The molecule has 1 aromatic carbocycles. The molecule has 16 heavy (non-hydrogen) atoms. The van der Waals surface area contributed by atoms with Gasteiger partial charge in [-0.2, -0.15) is 0 Å². The van der Waals surface area contributed by atoms with Crippen LogP contribution in [-0.4, -0.2) is 6.04 Å². The predicted molar refractivity (Wildman–Crippen MR) is 69.1 cm³/mol. The van der Waals surface area contributed by atoms with Gasteiger partial charge in [0.1, 0.15) is 5.82 Å². The van der Waals surface area contributed by atoms with Crippen molar-refractivity contribution in [3.63, 3.8) is 0 Å². The van der Waals surface area contributed by atoms with E-state index in [2.05, 4.69) is 35.1 Å². The molecule has 0 saturated heterocycles. The summed E-state index contributed by atoms with van der Waals surface area (Å²) in [6, 6.07) is 5.50. The quantitative estimate of drug-likeness (QED) is 0.866. The van der Waals surface area contributed by atoms with E-state index in [1.54, 1.807) is 6.07 Å². The van der Waals surface area contributed by atoms with Gasteiger partial charge in [-0.1, -0.05) is 19.9 Å². The van der Waals surface area contributed by atoms with Crippen LogP contribution in [0.5, 0.6) is 0 Å². The summed E-state index contributed by atoms with van der Waals surface area (Å²) in [6.07, 6.45) is 2.30. The van der Waals surface area contributed by atoms with E-state index in [1.165, 1.54) is 6.07 Å². The number of nitrogens with one attached hydrogen (secondary N) is 1. The molecule has 1 saturated carbocycles. The summed E-state index contributed by atoms with van der Waals surface area (Å²) in [6.45, 7) is 4.50. The van der Waals surface area contributed by atoms with Crippen molar-refractivity contribution in [2.75, 3.05) is 5.32 Å². The predicted octanol–water partition coefficient (Wildman–Crippen LogP) is 4.43. The van der Waals surface area contributed by atoms with Crippen molar-refractivity contribution in [3.05, 3.63) is 28.5 Å². The Hall–Kier alpha value is -0.570. The van der Waals surface area contributed by atoms with E-state index >= 15 is 0 Å². The fourth-order valence-electron chi connectivity index (χ4n) is 2.16. The molecule has 88 valence electrons. The van der Waals surface area contributed by atoms with E-state index < -0.39 is 0 Å². The van der Waals surface area contributed by atoms with Gasteiger partial charge in [0.05, 0.1) is 5.69 Å². The third kappa shape index (κ3) is 2.40. The van der Waals surface area contributed by atoms with Gasteiger partial charge < -0.3 is 5.32 Å². The molecule has 0 aliphatic heterocycles. The molecule has 0 heterocycles. The summed E-state index contributed by atoms with van der Waals surface area (Å²) in [4.78, 5) is 0. The zero-order valence-electron chi connectivity index (χ0n) is 9.63. The van der Waals surface area contributed by atoms with Crippen LogP contribution in [0.4, 0.5) is 10.1 Å². The van der Waals surface area contributed by atoms with Crippen LogP contribution >= 0.6 is 15.9 Å². The Morgan fingerprint density at radius 2 is 2.06 bits per heavy atom. The fraction of sp³-hybridized carbons (Fsp3) is 0.538. The van der Waals surface area contributed by atoms with E-state index in [0.29, 0.717) is 11.7 Å². The zero-order valence-corrected chi connectivity index (χ0v) is 11.2. The van der Waals surface area contributed by atoms with Gasteiger partial charge in [0.15, 0.2) is 0 Å². The molecule has 2 rings (SSSR count). The van der Waals surface area contributed by atoms with Gasteiger partial charge in [-0.15, -0.1) is 0 Å². The van der Waals surface area contributed by atoms with Crippen LogP contribution in [0, 0.1) is 17.7 Å². The summed E-state index contributed by atoms with van der Waals surface area (Å²) < 4.78 is 14.3. The number of hydrogen-bond donors (Lipinski definition) is 1. The van der Waals surface area contributed by atoms with E-state index in [9.17, 15) is 4.39 Å². The number of anilines is 1. The Labute approximate surface area is 105 Å². The van der Waals surface area contributed by atoms with Gasteiger partial charge in [0, 0.05) is 10.5 Å². The van der Waals surface area contributed by atoms with Crippen molar-refractivity contribution in [3.8, 4) is 0 Å². The smallest absolute Gasteiger partial charge is 0.147 e. The Kier molecular flexibility index (Phi) is 3.53. The average molecular weight is 286 g/mol. The lowest BCUT2D eigenvalue weighted by atomic mass is 9.73. The molecule has 1 aliphatic rings. The van der Waals surface area contributed by atoms with Crippen LogP contribution in [0.1, 0.15) is 26.7 Å². The van der Waals surface area contributed by atoms with Crippen LogP contribution in [0.15, 0.2) is 22.7 Å². The third-order valence-electron chi connectivity index (χ3n) is 3.43. The van der Waals surface area contributed by atoms with Gasteiger partial charge >= 0.3 is 0 Å². The molecule has 0 radical (unpaired) electrons. The lowest BCUT2D eigenvalue weighted by Gasteiger charge is -2.39. The Morgan fingerprint density at radius 3 is 2.62 bits per heavy atom. The summed E-state index contributed by atoms with van der Waals surface area (Å²) in [5, 5.41) is 3.28. The number of hydrogen-bond acceptors (Lipinski definition) is 1. The van der Waals surface area contributed by atoms with E-state index in [1.807, 2.05) is 6.07 Å². The zero-order chi connectivity index (χ0) is 11.7. The molecule has 0 atom stereocenters. The van der Waals surface area contributed by atoms with Gasteiger partial charge in [-0.25, -0.2) is 4.39 Å². The van der Waals surface area contributed by atoms with Crippen molar-refractivity contribution in [2.24, 2.45) is 11.8 Å². The largest absolute Gasteiger partial charge is 0.379 e. The van der Waals surface area contributed by atoms with Crippen molar-refractivity contribution in [2.45, 2.75) is 32.7 Å². The number of halogens is 2. The summed E-state index contributed by atoms with van der Waals surface area (Å²) >= 11 is 3.37. The molecule has 0 unspecified atom stereocenters. The van der Waals surface area contributed by atoms with Crippen LogP contribution in [0.3, 0.4) is 0 Å². The van der Waals surface area contributed by atoms with Gasteiger partial charge in [0.2, 0.25) is 0 Å². The van der Waals surface area contributed by atoms with Gasteiger partial charge in [-0.05, 0) is 52.7 Å². The Morgan fingerprint density at radius 1 is 1.38 bits per heavy atom. The highest BCUT2D eigenvalue weighted by Crippen LogP contribution is 2.37. The van der Waals surface area contributed by atoms with E-state index in [0.717, 1.165) is 29.2 Å². The minimum absolute atomic E-state index is 0.178. The SMILES string of the molecule is CC(C)C1CC(Nc2c(F)cccc2Br)C1. The third-order valence-corrected chi connectivity index (χ3v) is 4.09. The minimum Gasteiger partial charge on any atom is -0.379 e. The Balaban J connectivity index is 1.96. The topological polar surface area (TPSA) is 12.0 Å². The molecule has 1 N–H and O–H groups in total. The van der Waals surface area contributed by atoms with Crippen LogP contribution in [-0.2, 0) is 0 Å². The van der Waals surface area contributed by atoms with Crippen molar-refractivity contribution >= 4 is 21.6 Å². The van der Waals surface area contributed by atoms with E-state index in [4.69, 9.17) is 0 Å². The van der Waals surface area contributed by atoms with Gasteiger partial charge in [-0.3, -0.25) is 0 Å². The maximum atomic E-state index is 13.5. The normalized spacial score (nSPS) is 24.3. The highest BCUT2D eigenvalue weighted by molar-refractivity contribution is 9.10. The van der Waals surface area contributed by atoms with Crippen molar-refractivity contribution < 1.29 is 4.39 Å². The maximum Gasteiger partial charge on any atom is 0.147 e. The standard InChI is InChI=1S/C13H17BrFN/c1-8(2)9-6-10(7-9)16-13-11(14)4-3-5-12(13)15/h3-5,8-10,16H,6-7H2,1-2H3.